The second-order valence-corrected chi connectivity index (χ2v) is 5.52. The van der Waals surface area contributed by atoms with Crippen LogP contribution in [0.2, 0.25) is 0 Å². The molecular weight excluding hydrogens is 288 g/mol. The van der Waals surface area contributed by atoms with E-state index in [9.17, 15) is 14.9 Å². The number of nitrogens with zero attached hydrogens (tertiary/aromatic N) is 5. The number of nitrogens with one attached hydrogen (secondary N) is 1. The molecule has 1 N–H and O–H groups in total. The van der Waals surface area contributed by atoms with Crippen molar-refractivity contribution in [2.75, 3.05) is 0 Å². The van der Waals surface area contributed by atoms with E-state index in [0.717, 1.165) is 17.5 Å². The van der Waals surface area contributed by atoms with Crippen molar-refractivity contribution in [2.45, 2.75) is 32.9 Å². The topological polar surface area (TPSA) is 108 Å². The van der Waals surface area contributed by atoms with Gasteiger partial charge in [-0.05, 0) is 20.8 Å². The molecule has 118 valence electrons. The lowest BCUT2D eigenvalue weighted by molar-refractivity contribution is -0.385. The van der Waals surface area contributed by atoms with Gasteiger partial charge in [0.05, 0.1) is 11.1 Å². The van der Waals surface area contributed by atoms with Gasteiger partial charge in [0.25, 0.3) is 0 Å². The molecule has 0 aliphatic carbocycles. The van der Waals surface area contributed by atoms with E-state index in [2.05, 4.69) is 15.5 Å². The quantitative estimate of drug-likeness (QED) is 0.651. The highest BCUT2D eigenvalue weighted by atomic mass is 16.6. The first-order valence-corrected chi connectivity index (χ1v) is 6.69. The number of carbonyl (C=O) groups excluding carboxylic acids is 1. The third kappa shape index (κ3) is 2.83. The number of nitro groups is 1. The molecule has 2 aromatic rings. The van der Waals surface area contributed by atoms with Gasteiger partial charge < -0.3 is 5.32 Å². The van der Waals surface area contributed by atoms with Gasteiger partial charge in [0.1, 0.15) is 17.9 Å². The molecule has 0 radical (unpaired) electrons. The van der Waals surface area contributed by atoms with Crippen LogP contribution in [0.1, 0.15) is 25.1 Å². The lowest BCUT2D eigenvalue weighted by Gasteiger charge is -2.23. The summed E-state index contributed by atoms with van der Waals surface area (Å²) in [6, 6.07) is 0. The normalized spacial score (nSPS) is 11.5. The second-order valence-electron chi connectivity index (χ2n) is 5.52. The van der Waals surface area contributed by atoms with Gasteiger partial charge in [0.15, 0.2) is 0 Å². The molecule has 0 saturated carbocycles. The standard InChI is InChI=1S/C13H18N6O3/c1-9-10(6-15-17(9)4)5-14-12(20)13(2,3)18-8-11(7-16-18)19(21)22/h6-8H,5H2,1-4H3,(H,14,20). The smallest absolute Gasteiger partial charge is 0.307 e. The van der Waals surface area contributed by atoms with Gasteiger partial charge in [-0.2, -0.15) is 10.2 Å². The molecule has 2 rings (SSSR count). The van der Waals surface area contributed by atoms with E-state index in [1.165, 1.54) is 10.9 Å². The minimum Gasteiger partial charge on any atom is -0.350 e. The Kier molecular flexibility index (Phi) is 3.98. The van der Waals surface area contributed by atoms with Crippen molar-refractivity contribution in [3.05, 3.63) is 40.0 Å². The molecule has 9 heteroatoms. The molecule has 0 aromatic carbocycles. The largest absolute Gasteiger partial charge is 0.350 e. The molecule has 0 spiro atoms. The average molecular weight is 306 g/mol. The van der Waals surface area contributed by atoms with Crippen molar-refractivity contribution < 1.29 is 9.72 Å². The Hall–Kier alpha value is -2.71. The fourth-order valence-corrected chi connectivity index (χ4v) is 1.93. The lowest BCUT2D eigenvalue weighted by atomic mass is 10.0. The summed E-state index contributed by atoms with van der Waals surface area (Å²) in [5, 5.41) is 21.5. The Labute approximate surface area is 127 Å². The number of hydrogen-bond donors (Lipinski definition) is 1. The first kappa shape index (κ1) is 15.7. The fourth-order valence-electron chi connectivity index (χ4n) is 1.93. The van der Waals surface area contributed by atoms with Crippen LogP contribution in [-0.4, -0.2) is 30.4 Å². The highest BCUT2D eigenvalue weighted by molar-refractivity contribution is 5.83. The van der Waals surface area contributed by atoms with Crippen molar-refractivity contribution in [2.24, 2.45) is 7.05 Å². The first-order chi connectivity index (χ1) is 10.2. The van der Waals surface area contributed by atoms with Crippen LogP contribution >= 0.6 is 0 Å². The number of rotatable bonds is 5. The average Bonchev–Trinajstić information content (AvgIpc) is 3.06. The van der Waals surface area contributed by atoms with Crippen LogP contribution in [0.15, 0.2) is 18.6 Å². The van der Waals surface area contributed by atoms with Crippen LogP contribution in [0, 0.1) is 17.0 Å². The zero-order valence-corrected chi connectivity index (χ0v) is 12.9. The maximum atomic E-state index is 12.4. The molecule has 0 bridgehead atoms. The monoisotopic (exact) mass is 306 g/mol. The molecule has 0 fully saturated rings. The Morgan fingerprint density at radius 3 is 2.59 bits per heavy atom. The van der Waals surface area contributed by atoms with E-state index in [1.807, 2.05) is 14.0 Å². The Morgan fingerprint density at radius 2 is 2.09 bits per heavy atom. The van der Waals surface area contributed by atoms with E-state index in [1.54, 1.807) is 24.7 Å². The SMILES string of the molecule is Cc1c(CNC(=O)C(C)(C)n2cc([N+](=O)[O-])cn2)cnn1C. The Balaban J connectivity index is 2.09. The minimum atomic E-state index is -1.04. The molecule has 2 heterocycles. The third-order valence-corrected chi connectivity index (χ3v) is 3.68. The Morgan fingerprint density at radius 1 is 1.41 bits per heavy atom. The van der Waals surface area contributed by atoms with E-state index >= 15 is 0 Å². The Bertz CT molecular complexity index is 715. The number of carbonyl (C=O) groups is 1. The number of amides is 1. The summed E-state index contributed by atoms with van der Waals surface area (Å²) in [5.74, 6) is -0.284. The molecule has 1 amide bonds. The predicted molar refractivity (Wildman–Crippen MR) is 78.0 cm³/mol. The molecular formula is C13H18N6O3. The summed E-state index contributed by atoms with van der Waals surface area (Å²) in [6.45, 7) is 5.55. The van der Waals surface area contributed by atoms with Crippen molar-refractivity contribution in [3.63, 3.8) is 0 Å². The van der Waals surface area contributed by atoms with Crippen LogP contribution < -0.4 is 5.32 Å². The zero-order valence-electron chi connectivity index (χ0n) is 12.9. The molecule has 0 aliphatic rings. The maximum Gasteiger partial charge on any atom is 0.307 e. The van der Waals surface area contributed by atoms with E-state index in [-0.39, 0.29) is 11.6 Å². The molecule has 0 unspecified atom stereocenters. The second kappa shape index (κ2) is 5.58. The van der Waals surface area contributed by atoms with Crippen molar-refractivity contribution >= 4 is 11.6 Å². The fraction of sp³-hybridized carbons (Fsp3) is 0.462. The van der Waals surface area contributed by atoms with Crippen molar-refractivity contribution in [3.8, 4) is 0 Å². The van der Waals surface area contributed by atoms with Gasteiger partial charge in [0.2, 0.25) is 5.91 Å². The van der Waals surface area contributed by atoms with E-state index in [4.69, 9.17) is 0 Å². The number of aromatic nitrogens is 4. The first-order valence-electron chi connectivity index (χ1n) is 6.69. The third-order valence-electron chi connectivity index (χ3n) is 3.68. The predicted octanol–water partition coefficient (Wildman–Crippen LogP) is 0.885. The molecule has 22 heavy (non-hydrogen) atoms. The van der Waals surface area contributed by atoms with Crippen molar-refractivity contribution in [1.29, 1.82) is 0 Å². The zero-order chi connectivity index (χ0) is 16.5. The summed E-state index contributed by atoms with van der Waals surface area (Å²) in [4.78, 5) is 22.5. The van der Waals surface area contributed by atoms with Gasteiger partial charge in [-0.3, -0.25) is 24.3 Å². The summed E-state index contributed by atoms with van der Waals surface area (Å²) in [6.07, 6.45) is 4.07. The highest BCUT2D eigenvalue weighted by Crippen LogP contribution is 2.19. The number of hydrogen-bond acceptors (Lipinski definition) is 5. The van der Waals surface area contributed by atoms with Gasteiger partial charge in [-0.25, -0.2) is 0 Å². The van der Waals surface area contributed by atoms with Gasteiger partial charge >= 0.3 is 5.69 Å². The molecule has 0 atom stereocenters. The molecule has 9 nitrogen and oxygen atoms in total. The molecule has 2 aromatic heterocycles. The minimum absolute atomic E-state index is 0.149. The molecule has 0 saturated heterocycles. The van der Waals surface area contributed by atoms with E-state index < -0.39 is 10.5 Å². The van der Waals surface area contributed by atoms with Crippen LogP contribution in [0.3, 0.4) is 0 Å². The molecule has 0 aliphatic heterocycles. The summed E-state index contributed by atoms with van der Waals surface area (Å²) in [7, 11) is 1.83. The maximum absolute atomic E-state index is 12.4. The summed E-state index contributed by atoms with van der Waals surface area (Å²) in [5.41, 5.74) is 0.694. The van der Waals surface area contributed by atoms with Gasteiger partial charge in [-0.15, -0.1) is 0 Å². The van der Waals surface area contributed by atoms with Crippen LogP contribution in [0.4, 0.5) is 5.69 Å². The van der Waals surface area contributed by atoms with Crippen molar-refractivity contribution in [1.82, 2.24) is 24.9 Å². The van der Waals surface area contributed by atoms with Crippen LogP contribution in [0.5, 0.6) is 0 Å². The lowest BCUT2D eigenvalue weighted by Crippen LogP contribution is -2.44. The van der Waals surface area contributed by atoms with Crippen LogP contribution in [0.25, 0.3) is 0 Å². The number of aryl methyl sites for hydroxylation is 1. The van der Waals surface area contributed by atoms with Gasteiger partial charge in [-0.1, -0.05) is 0 Å². The summed E-state index contributed by atoms with van der Waals surface area (Å²) >= 11 is 0. The highest BCUT2D eigenvalue weighted by Gasteiger charge is 2.31. The summed E-state index contributed by atoms with van der Waals surface area (Å²) < 4.78 is 3.01. The van der Waals surface area contributed by atoms with Gasteiger partial charge in [0, 0.05) is 24.8 Å². The van der Waals surface area contributed by atoms with Crippen LogP contribution in [-0.2, 0) is 23.9 Å². The van der Waals surface area contributed by atoms with E-state index in [0.29, 0.717) is 6.54 Å².